The molecule has 0 saturated heterocycles. The van der Waals surface area contributed by atoms with Crippen molar-refractivity contribution in [3.05, 3.63) is 35.7 Å². The molecule has 0 aromatic carbocycles. The number of aromatic nitrogens is 1. The third-order valence-corrected chi connectivity index (χ3v) is 2.31. The summed E-state index contributed by atoms with van der Waals surface area (Å²) in [6, 6.07) is 4.23. The van der Waals surface area contributed by atoms with E-state index in [1.165, 1.54) is 5.56 Å². The predicted molar refractivity (Wildman–Crippen MR) is 62.5 cm³/mol. The first kappa shape index (κ1) is 11.0. The molecule has 1 aromatic rings. The highest BCUT2D eigenvalue weighted by molar-refractivity contribution is 5.48. The number of hydrogen-bond donors (Lipinski definition) is 0. The molecule has 0 bridgehead atoms. The molecule has 1 heterocycles. The molecule has 0 saturated carbocycles. The average Bonchev–Trinajstić information content (AvgIpc) is 2.16. The van der Waals surface area contributed by atoms with Crippen LogP contribution in [0.3, 0.4) is 0 Å². The minimum atomic E-state index is 0.479. The lowest BCUT2D eigenvalue weighted by Gasteiger charge is -2.11. The van der Waals surface area contributed by atoms with Crippen molar-refractivity contribution in [2.24, 2.45) is 0 Å². The average molecular weight is 189 g/mol. The van der Waals surface area contributed by atoms with Crippen molar-refractivity contribution >= 4 is 6.08 Å². The second-order valence-electron chi connectivity index (χ2n) is 4.26. The van der Waals surface area contributed by atoms with E-state index in [1.54, 1.807) is 0 Å². The molecule has 14 heavy (non-hydrogen) atoms. The monoisotopic (exact) mass is 189 g/mol. The lowest BCUT2D eigenvalue weighted by Crippen LogP contribution is -2.00. The maximum Gasteiger partial charge on any atom is 0.0438 e. The summed E-state index contributed by atoms with van der Waals surface area (Å²) in [5.74, 6) is 0.958. The Morgan fingerprint density at radius 1 is 1.07 bits per heavy atom. The molecular formula is C13H19N. The van der Waals surface area contributed by atoms with E-state index in [4.69, 9.17) is 0 Å². The summed E-state index contributed by atoms with van der Waals surface area (Å²) in [5, 5.41) is 0. The van der Waals surface area contributed by atoms with Crippen LogP contribution in [0.1, 0.15) is 56.5 Å². The number of pyridine rings is 1. The van der Waals surface area contributed by atoms with Gasteiger partial charge in [-0.25, -0.2) is 0 Å². The Bertz CT molecular complexity index is 298. The lowest BCUT2D eigenvalue weighted by atomic mass is 10.0. The topological polar surface area (TPSA) is 12.9 Å². The van der Waals surface area contributed by atoms with Crippen molar-refractivity contribution in [3.63, 3.8) is 0 Å². The quantitative estimate of drug-likeness (QED) is 0.701. The molecule has 1 aromatic heterocycles. The van der Waals surface area contributed by atoms with Crippen LogP contribution < -0.4 is 0 Å². The summed E-state index contributed by atoms with van der Waals surface area (Å²) in [4.78, 5) is 4.63. The van der Waals surface area contributed by atoms with Crippen molar-refractivity contribution in [2.45, 2.75) is 39.5 Å². The van der Waals surface area contributed by atoms with Gasteiger partial charge >= 0.3 is 0 Å². The number of rotatable bonds is 3. The summed E-state index contributed by atoms with van der Waals surface area (Å²) in [6.07, 6.45) is 1.89. The molecule has 0 atom stereocenters. The zero-order chi connectivity index (χ0) is 10.7. The number of nitrogens with zero attached hydrogens (tertiary/aromatic N) is 1. The summed E-state index contributed by atoms with van der Waals surface area (Å²) in [7, 11) is 0. The van der Waals surface area contributed by atoms with Crippen molar-refractivity contribution in [3.8, 4) is 0 Å². The van der Waals surface area contributed by atoms with Crippen LogP contribution in [0.15, 0.2) is 18.7 Å². The Labute approximate surface area is 86.9 Å². The van der Waals surface area contributed by atoms with Crippen molar-refractivity contribution in [1.29, 1.82) is 0 Å². The van der Waals surface area contributed by atoms with E-state index < -0.39 is 0 Å². The third-order valence-electron chi connectivity index (χ3n) is 2.31. The van der Waals surface area contributed by atoms with Gasteiger partial charge in [-0.05, 0) is 29.5 Å². The van der Waals surface area contributed by atoms with Crippen LogP contribution in [0.25, 0.3) is 6.08 Å². The fourth-order valence-corrected chi connectivity index (χ4v) is 1.31. The molecule has 0 amide bonds. The second-order valence-corrected chi connectivity index (χ2v) is 4.26. The molecule has 0 aliphatic heterocycles. The molecule has 0 radical (unpaired) electrons. The predicted octanol–water partition coefficient (Wildman–Crippen LogP) is 3.97. The smallest absolute Gasteiger partial charge is 0.0438 e. The SMILES string of the molecule is C=Cc1cc(C(C)C)nc(C(C)C)c1. The first-order valence-electron chi connectivity index (χ1n) is 5.19. The Kier molecular flexibility index (Phi) is 3.45. The molecule has 76 valence electrons. The zero-order valence-electron chi connectivity index (χ0n) is 9.54. The van der Waals surface area contributed by atoms with Crippen molar-refractivity contribution in [2.75, 3.05) is 0 Å². The van der Waals surface area contributed by atoms with Crippen LogP contribution in [-0.2, 0) is 0 Å². The second kappa shape index (κ2) is 4.41. The molecule has 0 unspecified atom stereocenters. The summed E-state index contributed by atoms with van der Waals surface area (Å²) in [6.45, 7) is 12.5. The summed E-state index contributed by atoms with van der Waals surface area (Å²) in [5.41, 5.74) is 3.49. The van der Waals surface area contributed by atoms with Crippen LogP contribution in [0.2, 0.25) is 0 Å². The molecule has 0 spiro atoms. The minimum absolute atomic E-state index is 0.479. The van der Waals surface area contributed by atoms with Gasteiger partial charge < -0.3 is 0 Å². The first-order valence-corrected chi connectivity index (χ1v) is 5.19. The molecule has 0 N–H and O–H groups in total. The molecule has 1 heteroatoms. The fraction of sp³-hybridized carbons (Fsp3) is 0.462. The van der Waals surface area contributed by atoms with Crippen LogP contribution in [0.5, 0.6) is 0 Å². The standard InChI is InChI=1S/C13H19N/c1-6-11-7-12(9(2)3)14-13(8-11)10(4)5/h6-10H,1H2,2-5H3. The van der Waals surface area contributed by atoms with Crippen molar-refractivity contribution in [1.82, 2.24) is 4.98 Å². The molecule has 0 aliphatic rings. The van der Waals surface area contributed by atoms with Crippen LogP contribution in [0.4, 0.5) is 0 Å². The first-order chi connectivity index (χ1) is 6.54. The Hall–Kier alpha value is -1.11. The molecule has 0 aliphatic carbocycles. The van der Waals surface area contributed by atoms with Gasteiger partial charge in [-0.1, -0.05) is 40.3 Å². The van der Waals surface area contributed by atoms with Gasteiger partial charge in [0, 0.05) is 11.4 Å². The zero-order valence-corrected chi connectivity index (χ0v) is 9.54. The normalized spacial score (nSPS) is 11.0. The lowest BCUT2D eigenvalue weighted by molar-refractivity contribution is 0.764. The van der Waals surface area contributed by atoms with E-state index in [-0.39, 0.29) is 0 Å². The highest BCUT2D eigenvalue weighted by Gasteiger charge is 2.07. The molecular weight excluding hydrogens is 170 g/mol. The largest absolute Gasteiger partial charge is 0.257 e. The highest BCUT2D eigenvalue weighted by atomic mass is 14.7. The molecule has 1 nitrogen and oxygen atoms in total. The van der Waals surface area contributed by atoms with E-state index in [1.807, 2.05) is 6.08 Å². The summed E-state index contributed by atoms with van der Waals surface area (Å²) < 4.78 is 0. The van der Waals surface area contributed by atoms with Gasteiger partial charge in [0.25, 0.3) is 0 Å². The van der Waals surface area contributed by atoms with Crippen molar-refractivity contribution < 1.29 is 0 Å². The van der Waals surface area contributed by atoms with E-state index in [0.29, 0.717) is 11.8 Å². The van der Waals surface area contributed by atoms with E-state index in [0.717, 1.165) is 11.4 Å². The van der Waals surface area contributed by atoms with Gasteiger partial charge in [0.05, 0.1) is 0 Å². The van der Waals surface area contributed by atoms with Gasteiger partial charge in [0.2, 0.25) is 0 Å². The van der Waals surface area contributed by atoms with Gasteiger partial charge in [-0.3, -0.25) is 4.98 Å². The van der Waals surface area contributed by atoms with E-state index >= 15 is 0 Å². The van der Waals surface area contributed by atoms with E-state index in [2.05, 4.69) is 51.4 Å². The van der Waals surface area contributed by atoms with Gasteiger partial charge in [-0.2, -0.15) is 0 Å². The Morgan fingerprint density at radius 2 is 1.50 bits per heavy atom. The molecule has 0 fully saturated rings. The fourth-order valence-electron chi connectivity index (χ4n) is 1.31. The minimum Gasteiger partial charge on any atom is -0.257 e. The maximum absolute atomic E-state index is 4.63. The van der Waals surface area contributed by atoms with Gasteiger partial charge in [0.15, 0.2) is 0 Å². The Balaban J connectivity index is 3.20. The summed E-state index contributed by atoms with van der Waals surface area (Å²) >= 11 is 0. The van der Waals surface area contributed by atoms with E-state index in [9.17, 15) is 0 Å². The molecule has 1 rings (SSSR count). The van der Waals surface area contributed by atoms with Crippen LogP contribution in [-0.4, -0.2) is 4.98 Å². The highest BCUT2D eigenvalue weighted by Crippen LogP contribution is 2.20. The van der Waals surface area contributed by atoms with Crippen LogP contribution in [0, 0.1) is 0 Å². The van der Waals surface area contributed by atoms with Gasteiger partial charge in [0.1, 0.15) is 0 Å². The van der Waals surface area contributed by atoms with Gasteiger partial charge in [-0.15, -0.1) is 0 Å². The third kappa shape index (κ3) is 2.44. The van der Waals surface area contributed by atoms with Crippen LogP contribution >= 0.6 is 0 Å². The maximum atomic E-state index is 4.63. The Morgan fingerprint density at radius 3 is 1.79 bits per heavy atom. The number of hydrogen-bond acceptors (Lipinski definition) is 1.